The van der Waals surface area contributed by atoms with Crippen LogP contribution in [0.4, 0.5) is 20.6 Å². The molecule has 0 aliphatic rings. The first-order valence-electron chi connectivity index (χ1n) is 9.25. The second kappa shape index (κ2) is 8.16. The summed E-state index contributed by atoms with van der Waals surface area (Å²) in [7, 11) is 3.07. The third kappa shape index (κ3) is 3.77. The molecule has 152 valence electrons. The smallest absolute Gasteiger partial charge is 0.323 e. The van der Waals surface area contributed by atoms with Crippen LogP contribution in [0.15, 0.2) is 66.7 Å². The number of aromatic nitrogens is 1. The molecule has 0 aliphatic carbocycles. The standard InChI is InChI=1S/C23H20FN3O3/c1-29-16-11-12-20(30-2)19(13-16)26-23(28)27-22-17-5-3-4-6-18(17)25-21(22)14-7-9-15(24)10-8-14/h3-13,25H,1-2H3,(H2,26,27,28). The molecule has 0 unspecified atom stereocenters. The van der Waals surface area contributed by atoms with Crippen molar-refractivity contribution in [2.75, 3.05) is 24.9 Å². The molecule has 4 rings (SSSR count). The van der Waals surface area contributed by atoms with Crippen LogP contribution in [0, 0.1) is 5.82 Å². The van der Waals surface area contributed by atoms with Crippen molar-refractivity contribution in [3.63, 3.8) is 0 Å². The van der Waals surface area contributed by atoms with Crippen molar-refractivity contribution in [2.45, 2.75) is 0 Å². The van der Waals surface area contributed by atoms with E-state index in [0.717, 1.165) is 16.5 Å². The Morgan fingerprint density at radius 3 is 2.43 bits per heavy atom. The minimum Gasteiger partial charge on any atom is -0.497 e. The van der Waals surface area contributed by atoms with Gasteiger partial charge < -0.3 is 25.1 Å². The molecule has 0 fully saturated rings. The van der Waals surface area contributed by atoms with E-state index in [-0.39, 0.29) is 5.82 Å². The molecule has 3 aromatic carbocycles. The van der Waals surface area contributed by atoms with Crippen molar-refractivity contribution in [2.24, 2.45) is 0 Å². The molecule has 30 heavy (non-hydrogen) atoms. The largest absolute Gasteiger partial charge is 0.497 e. The Kier molecular flexibility index (Phi) is 5.26. The van der Waals surface area contributed by atoms with Crippen LogP contribution in [-0.2, 0) is 0 Å². The van der Waals surface area contributed by atoms with Gasteiger partial charge in [-0.15, -0.1) is 0 Å². The molecular weight excluding hydrogens is 385 g/mol. The highest BCUT2D eigenvalue weighted by molar-refractivity contribution is 6.11. The van der Waals surface area contributed by atoms with E-state index in [0.29, 0.717) is 28.6 Å². The van der Waals surface area contributed by atoms with Crippen molar-refractivity contribution in [1.29, 1.82) is 0 Å². The molecule has 0 saturated carbocycles. The van der Waals surface area contributed by atoms with Crippen molar-refractivity contribution in [3.05, 3.63) is 72.5 Å². The van der Waals surface area contributed by atoms with Crippen LogP contribution in [-0.4, -0.2) is 25.2 Å². The number of para-hydroxylation sites is 1. The number of nitrogens with one attached hydrogen (secondary N) is 3. The molecule has 0 aliphatic heterocycles. The highest BCUT2D eigenvalue weighted by Gasteiger charge is 2.17. The van der Waals surface area contributed by atoms with Gasteiger partial charge in [0.1, 0.15) is 17.3 Å². The fraction of sp³-hybridized carbons (Fsp3) is 0.0870. The summed E-state index contributed by atoms with van der Waals surface area (Å²) in [6, 6.07) is 18.4. The van der Waals surface area contributed by atoms with Crippen molar-refractivity contribution < 1.29 is 18.7 Å². The predicted molar refractivity (Wildman–Crippen MR) is 116 cm³/mol. The summed E-state index contributed by atoms with van der Waals surface area (Å²) in [5, 5.41) is 6.55. The number of methoxy groups -OCH3 is 2. The van der Waals surface area contributed by atoms with Crippen molar-refractivity contribution in [3.8, 4) is 22.8 Å². The molecule has 2 amide bonds. The lowest BCUT2D eigenvalue weighted by atomic mass is 10.1. The average Bonchev–Trinajstić information content (AvgIpc) is 3.12. The lowest BCUT2D eigenvalue weighted by molar-refractivity contribution is 0.262. The number of hydrogen-bond acceptors (Lipinski definition) is 3. The number of halogens is 1. The highest BCUT2D eigenvalue weighted by Crippen LogP contribution is 2.35. The van der Waals surface area contributed by atoms with Gasteiger partial charge in [0.2, 0.25) is 0 Å². The summed E-state index contributed by atoms with van der Waals surface area (Å²) in [5.41, 5.74) is 3.35. The number of amides is 2. The second-order valence-electron chi connectivity index (χ2n) is 6.57. The van der Waals surface area contributed by atoms with Gasteiger partial charge in [-0.1, -0.05) is 18.2 Å². The molecule has 7 heteroatoms. The van der Waals surface area contributed by atoms with Gasteiger partial charge in [-0.05, 0) is 42.5 Å². The van der Waals surface area contributed by atoms with E-state index in [1.165, 1.54) is 19.2 Å². The quantitative estimate of drug-likeness (QED) is 0.402. The van der Waals surface area contributed by atoms with E-state index in [1.807, 2.05) is 24.3 Å². The lowest BCUT2D eigenvalue weighted by Crippen LogP contribution is -2.20. The molecule has 0 spiro atoms. The maximum Gasteiger partial charge on any atom is 0.323 e. The number of H-pyrrole nitrogens is 1. The minimum atomic E-state index is -0.449. The first-order valence-corrected chi connectivity index (χ1v) is 9.25. The summed E-state index contributed by atoms with van der Waals surface area (Å²) in [6.07, 6.45) is 0. The van der Waals surface area contributed by atoms with Crippen LogP contribution in [0.1, 0.15) is 0 Å². The number of anilines is 2. The van der Waals surface area contributed by atoms with Gasteiger partial charge in [-0.3, -0.25) is 0 Å². The zero-order chi connectivity index (χ0) is 21.1. The number of urea groups is 1. The third-order valence-electron chi connectivity index (χ3n) is 4.73. The van der Waals surface area contributed by atoms with Gasteiger partial charge in [0.05, 0.1) is 31.3 Å². The first-order chi connectivity index (χ1) is 14.6. The van der Waals surface area contributed by atoms with E-state index in [4.69, 9.17) is 9.47 Å². The Bertz CT molecular complexity index is 1200. The molecule has 0 radical (unpaired) electrons. The number of benzene rings is 3. The van der Waals surface area contributed by atoms with Crippen molar-refractivity contribution in [1.82, 2.24) is 4.98 Å². The van der Waals surface area contributed by atoms with Crippen LogP contribution in [0.2, 0.25) is 0 Å². The van der Waals surface area contributed by atoms with E-state index in [1.54, 1.807) is 37.4 Å². The molecule has 0 atom stereocenters. The number of rotatable bonds is 5. The zero-order valence-electron chi connectivity index (χ0n) is 16.5. The fourth-order valence-electron chi connectivity index (χ4n) is 3.28. The predicted octanol–water partition coefficient (Wildman–Crippen LogP) is 5.64. The summed E-state index contributed by atoms with van der Waals surface area (Å²) in [6.45, 7) is 0. The second-order valence-corrected chi connectivity index (χ2v) is 6.57. The fourth-order valence-corrected chi connectivity index (χ4v) is 3.28. The monoisotopic (exact) mass is 405 g/mol. The summed E-state index contributed by atoms with van der Waals surface area (Å²) >= 11 is 0. The van der Waals surface area contributed by atoms with Crippen LogP contribution in [0.3, 0.4) is 0 Å². The van der Waals surface area contributed by atoms with Crippen LogP contribution >= 0.6 is 0 Å². The Morgan fingerprint density at radius 2 is 1.70 bits per heavy atom. The maximum atomic E-state index is 13.4. The number of ether oxygens (including phenoxy) is 2. The summed E-state index contributed by atoms with van der Waals surface area (Å²) in [5.74, 6) is 0.765. The molecule has 1 heterocycles. The molecular formula is C23H20FN3O3. The van der Waals surface area contributed by atoms with Gasteiger partial charge in [0.15, 0.2) is 0 Å². The molecule has 0 saturated heterocycles. The Balaban J connectivity index is 1.69. The molecule has 3 N–H and O–H groups in total. The maximum absolute atomic E-state index is 13.4. The Labute approximate surface area is 172 Å². The summed E-state index contributed by atoms with van der Waals surface area (Å²) in [4.78, 5) is 16.1. The highest BCUT2D eigenvalue weighted by atomic mass is 19.1. The molecule has 4 aromatic rings. The van der Waals surface area contributed by atoms with Gasteiger partial charge in [-0.2, -0.15) is 0 Å². The SMILES string of the molecule is COc1ccc(OC)c(NC(=O)Nc2c(-c3ccc(F)cc3)[nH]c3ccccc23)c1. The Hall–Kier alpha value is -4.00. The normalized spacial score (nSPS) is 10.6. The zero-order valence-corrected chi connectivity index (χ0v) is 16.5. The Morgan fingerprint density at radius 1 is 0.933 bits per heavy atom. The lowest BCUT2D eigenvalue weighted by Gasteiger charge is -2.13. The van der Waals surface area contributed by atoms with Gasteiger partial charge in [-0.25, -0.2) is 9.18 Å². The minimum absolute atomic E-state index is 0.327. The van der Waals surface area contributed by atoms with Gasteiger partial charge in [0.25, 0.3) is 0 Å². The number of fused-ring (bicyclic) bond motifs is 1. The molecule has 1 aromatic heterocycles. The molecule has 6 nitrogen and oxygen atoms in total. The van der Waals surface area contributed by atoms with Crippen LogP contribution < -0.4 is 20.1 Å². The van der Waals surface area contributed by atoms with Crippen LogP contribution in [0.25, 0.3) is 22.2 Å². The van der Waals surface area contributed by atoms with E-state index < -0.39 is 6.03 Å². The third-order valence-corrected chi connectivity index (χ3v) is 4.73. The average molecular weight is 405 g/mol. The van der Waals surface area contributed by atoms with Gasteiger partial charge >= 0.3 is 6.03 Å². The van der Waals surface area contributed by atoms with Crippen molar-refractivity contribution >= 4 is 28.3 Å². The number of aromatic amines is 1. The number of carbonyl (C=O) groups is 1. The van der Waals surface area contributed by atoms with E-state index in [2.05, 4.69) is 15.6 Å². The van der Waals surface area contributed by atoms with Crippen LogP contribution in [0.5, 0.6) is 11.5 Å². The molecule has 0 bridgehead atoms. The topological polar surface area (TPSA) is 75.4 Å². The van der Waals surface area contributed by atoms with E-state index in [9.17, 15) is 9.18 Å². The number of hydrogen-bond donors (Lipinski definition) is 3. The first kappa shape index (κ1) is 19.3. The van der Waals surface area contributed by atoms with Gasteiger partial charge in [0, 0.05) is 22.5 Å². The van der Waals surface area contributed by atoms with E-state index >= 15 is 0 Å². The summed E-state index contributed by atoms with van der Waals surface area (Å²) < 4.78 is 23.9. The number of carbonyl (C=O) groups excluding carboxylic acids is 1.